The minimum Gasteiger partial charge on any atom is -0.394 e. The van der Waals surface area contributed by atoms with Crippen LogP contribution in [0.1, 0.15) is 11.9 Å². The summed E-state index contributed by atoms with van der Waals surface area (Å²) in [7, 11) is 0. The zero-order valence-corrected chi connectivity index (χ0v) is 10.3. The Balaban J connectivity index is 1.99. The number of halogens is 1. The molecule has 1 saturated heterocycles. The molecule has 4 atom stereocenters. The number of hydrogen-bond donors (Lipinski definition) is 4. The highest BCUT2D eigenvalue weighted by Crippen LogP contribution is 2.33. The van der Waals surface area contributed by atoms with E-state index in [1.807, 2.05) is 0 Å². The number of aromatic amines is 1. The van der Waals surface area contributed by atoms with Crippen LogP contribution in [0, 0.1) is 0 Å². The van der Waals surface area contributed by atoms with Crippen LogP contribution < -0.4 is 0 Å². The molecule has 0 aliphatic carbocycles. The van der Waals surface area contributed by atoms with Gasteiger partial charge in [0.1, 0.15) is 42.1 Å². The van der Waals surface area contributed by atoms with E-state index >= 15 is 0 Å². The topological polar surface area (TPSA) is 124 Å². The largest absolute Gasteiger partial charge is 0.394 e. The fraction of sp³-hybridized carbons (Fsp3) is 0.500. The molecule has 0 bridgehead atoms. The molecule has 8 nitrogen and oxygen atoms in total. The normalized spacial score (nSPS) is 31.2. The van der Waals surface area contributed by atoms with Crippen molar-refractivity contribution in [2.75, 3.05) is 6.61 Å². The zero-order valence-electron chi connectivity index (χ0n) is 9.56. The predicted octanol–water partition coefficient (Wildman–Crippen LogP) is -0.840. The third-order valence-electron chi connectivity index (χ3n) is 3.07. The van der Waals surface area contributed by atoms with Crippen molar-refractivity contribution < 1.29 is 20.1 Å². The standard InChI is InChI=1S/C10H11ClN4O4/c11-8-4-9(13-2-12-8)15-10(14-4)7-6(18)5(17)3(1-16)19-7/h2-3,5-7,16-18H,1H2,(H,12,13,14,15)/t3-,5-,6-,7?/m1/s1. The number of aromatic nitrogens is 4. The first kappa shape index (κ1) is 12.7. The van der Waals surface area contributed by atoms with Crippen LogP contribution in [0.5, 0.6) is 0 Å². The summed E-state index contributed by atoms with van der Waals surface area (Å²) in [6.07, 6.45) is -2.83. The third-order valence-corrected chi connectivity index (χ3v) is 3.36. The van der Waals surface area contributed by atoms with Crippen molar-refractivity contribution in [1.82, 2.24) is 19.9 Å². The van der Waals surface area contributed by atoms with Gasteiger partial charge < -0.3 is 25.0 Å². The van der Waals surface area contributed by atoms with Crippen LogP contribution in [-0.4, -0.2) is 60.2 Å². The number of nitrogens with zero attached hydrogens (tertiary/aromatic N) is 3. The lowest BCUT2D eigenvalue weighted by Gasteiger charge is -2.11. The summed E-state index contributed by atoms with van der Waals surface area (Å²) in [5, 5.41) is 28.8. The molecule has 102 valence electrons. The van der Waals surface area contributed by atoms with Crippen molar-refractivity contribution >= 4 is 22.8 Å². The van der Waals surface area contributed by atoms with Crippen LogP contribution in [-0.2, 0) is 4.74 Å². The van der Waals surface area contributed by atoms with Gasteiger partial charge in [0.05, 0.1) is 6.61 Å². The Morgan fingerprint density at radius 3 is 2.74 bits per heavy atom. The van der Waals surface area contributed by atoms with Gasteiger partial charge in [0.2, 0.25) is 0 Å². The molecule has 0 amide bonds. The Labute approximate surface area is 112 Å². The van der Waals surface area contributed by atoms with Gasteiger partial charge in [0.15, 0.2) is 10.8 Å². The van der Waals surface area contributed by atoms with Crippen LogP contribution in [0.4, 0.5) is 0 Å². The maximum atomic E-state index is 9.89. The first-order valence-electron chi connectivity index (χ1n) is 5.60. The van der Waals surface area contributed by atoms with Crippen molar-refractivity contribution in [1.29, 1.82) is 0 Å². The molecule has 3 heterocycles. The summed E-state index contributed by atoms with van der Waals surface area (Å²) in [6, 6.07) is 0. The molecule has 0 spiro atoms. The molecule has 2 aromatic heterocycles. The number of H-pyrrole nitrogens is 1. The number of aliphatic hydroxyl groups excluding tert-OH is 3. The number of nitrogens with one attached hydrogen (secondary N) is 1. The van der Waals surface area contributed by atoms with Gasteiger partial charge in [-0.15, -0.1) is 0 Å². The van der Waals surface area contributed by atoms with Crippen molar-refractivity contribution in [3.63, 3.8) is 0 Å². The van der Waals surface area contributed by atoms with Crippen LogP contribution in [0.15, 0.2) is 6.33 Å². The second kappa shape index (κ2) is 4.66. The number of aliphatic hydroxyl groups is 3. The van der Waals surface area contributed by atoms with E-state index in [4.69, 9.17) is 21.4 Å². The minimum absolute atomic E-state index is 0.204. The van der Waals surface area contributed by atoms with Gasteiger partial charge in [-0.05, 0) is 0 Å². The molecule has 1 aliphatic heterocycles. The van der Waals surface area contributed by atoms with Crippen LogP contribution in [0.3, 0.4) is 0 Å². The lowest BCUT2D eigenvalue weighted by molar-refractivity contribution is -0.0249. The summed E-state index contributed by atoms with van der Waals surface area (Å²) in [5.74, 6) is 0.278. The Bertz CT molecular complexity index is 606. The summed E-state index contributed by atoms with van der Waals surface area (Å²) in [5.41, 5.74) is 0.768. The molecule has 1 aliphatic rings. The summed E-state index contributed by atoms with van der Waals surface area (Å²) >= 11 is 5.88. The van der Waals surface area contributed by atoms with Crippen molar-refractivity contribution in [2.24, 2.45) is 0 Å². The maximum Gasteiger partial charge on any atom is 0.182 e. The highest BCUT2D eigenvalue weighted by atomic mass is 35.5. The van der Waals surface area contributed by atoms with E-state index in [2.05, 4.69) is 19.9 Å². The van der Waals surface area contributed by atoms with Gasteiger partial charge in [-0.1, -0.05) is 11.6 Å². The van der Waals surface area contributed by atoms with Gasteiger partial charge in [0, 0.05) is 0 Å². The lowest BCUT2D eigenvalue weighted by atomic mass is 10.1. The van der Waals surface area contributed by atoms with Gasteiger partial charge in [-0.3, -0.25) is 0 Å². The first-order valence-corrected chi connectivity index (χ1v) is 5.98. The smallest absolute Gasteiger partial charge is 0.182 e. The van der Waals surface area contributed by atoms with E-state index in [0.29, 0.717) is 11.2 Å². The number of hydrogen-bond acceptors (Lipinski definition) is 7. The maximum absolute atomic E-state index is 9.89. The molecule has 9 heteroatoms. The monoisotopic (exact) mass is 286 g/mol. The SMILES string of the molecule is OC[C@H]1OC(c2nc3ncnc(Cl)c3[nH]2)[C@H](O)[C@@H]1O. The van der Waals surface area contributed by atoms with E-state index in [1.54, 1.807) is 0 Å². The van der Waals surface area contributed by atoms with Crippen molar-refractivity contribution in [3.8, 4) is 0 Å². The van der Waals surface area contributed by atoms with E-state index < -0.39 is 31.0 Å². The zero-order chi connectivity index (χ0) is 13.6. The minimum atomic E-state index is -1.19. The third kappa shape index (κ3) is 1.97. The molecular weight excluding hydrogens is 276 g/mol. The van der Waals surface area contributed by atoms with Gasteiger partial charge in [-0.2, -0.15) is 0 Å². The number of imidazole rings is 1. The molecule has 4 N–H and O–H groups in total. The van der Waals surface area contributed by atoms with E-state index in [9.17, 15) is 10.2 Å². The predicted molar refractivity (Wildman–Crippen MR) is 63.4 cm³/mol. The van der Waals surface area contributed by atoms with Gasteiger partial charge in [-0.25, -0.2) is 15.0 Å². The summed E-state index contributed by atoms with van der Waals surface area (Å²) < 4.78 is 5.36. The second-order valence-corrected chi connectivity index (χ2v) is 4.60. The molecule has 0 saturated carbocycles. The molecule has 19 heavy (non-hydrogen) atoms. The Kier molecular flexibility index (Phi) is 3.11. The average Bonchev–Trinajstić information content (AvgIpc) is 2.94. The van der Waals surface area contributed by atoms with E-state index in [-0.39, 0.29) is 11.0 Å². The fourth-order valence-corrected chi connectivity index (χ4v) is 2.25. The molecule has 0 radical (unpaired) electrons. The molecule has 1 unspecified atom stereocenters. The lowest BCUT2D eigenvalue weighted by Crippen LogP contribution is -2.32. The van der Waals surface area contributed by atoms with E-state index in [1.165, 1.54) is 6.33 Å². The molecular formula is C10H11ClN4O4. The number of rotatable bonds is 2. The Hall–Kier alpha value is -1.32. The van der Waals surface area contributed by atoms with E-state index in [0.717, 1.165) is 0 Å². The average molecular weight is 287 g/mol. The summed E-state index contributed by atoms with van der Waals surface area (Å²) in [6.45, 7) is -0.393. The van der Waals surface area contributed by atoms with Gasteiger partial charge in [0.25, 0.3) is 0 Å². The highest BCUT2D eigenvalue weighted by Gasteiger charge is 2.44. The molecule has 3 rings (SSSR count). The first-order chi connectivity index (χ1) is 9.11. The Morgan fingerprint density at radius 1 is 1.32 bits per heavy atom. The summed E-state index contributed by atoms with van der Waals surface area (Å²) in [4.78, 5) is 14.7. The quantitative estimate of drug-likeness (QED) is 0.531. The van der Waals surface area contributed by atoms with Crippen molar-refractivity contribution in [3.05, 3.63) is 17.3 Å². The molecule has 0 aromatic carbocycles. The molecule has 1 fully saturated rings. The second-order valence-electron chi connectivity index (χ2n) is 4.24. The Morgan fingerprint density at radius 2 is 2.11 bits per heavy atom. The van der Waals surface area contributed by atoms with Crippen molar-refractivity contribution in [2.45, 2.75) is 24.4 Å². The number of fused-ring (bicyclic) bond motifs is 1. The highest BCUT2D eigenvalue weighted by molar-refractivity contribution is 6.33. The molecule has 2 aromatic rings. The van der Waals surface area contributed by atoms with Crippen LogP contribution in [0.2, 0.25) is 5.15 Å². The van der Waals surface area contributed by atoms with Crippen LogP contribution in [0.25, 0.3) is 11.2 Å². The fourth-order valence-electron chi connectivity index (χ4n) is 2.08. The van der Waals surface area contributed by atoms with Crippen LogP contribution >= 0.6 is 11.6 Å². The number of ether oxygens (including phenoxy) is 1. The van der Waals surface area contributed by atoms with Gasteiger partial charge >= 0.3 is 0 Å².